The van der Waals surface area contributed by atoms with E-state index < -0.39 is 4.92 Å². The molecule has 0 radical (unpaired) electrons. The second kappa shape index (κ2) is 5.34. The minimum Gasteiger partial charge on any atom is -0.489 e. The molecule has 0 spiro atoms. The number of aryl methyl sites for hydroxylation is 1. The molecule has 0 atom stereocenters. The molecule has 1 heterocycles. The third-order valence-electron chi connectivity index (χ3n) is 2.62. The van der Waals surface area contributed by atoms with Gasteiger partial charge in [-0.25, -0.2) is 4.98 Å². The van der Waals surface area contributed by atoms with Crippen molar-refractivity contribution in [1.29, 1.82) is 0 Å². The van der Waals surface area contributed by atoms with Crippen molar-refractivity contribution in [2.75, 3.05) is 5.73 Å². The van der Waals surface area contributed by atoms with Crippen molar-refractivity contribution in [2.24, 2.45) is 0 Å². The summed E-state index contributed by atoms with van der Waals surface area (Å²) in [7, 11) is 0. The standard InChI is InChI=1S/C13H13N3O3/c1-9-6-11(3-4-12(9)16(17)18)19-8-10-2-5-13(14)15-7-10/h2-7H,8H2,1H3,(H2,14,15). The molecule has 2 rings (SSSR count). The highest BCUT2D eigenvalue weighted by molar-refractivity contribution is 5.44. The zero-order valence-corrected chi connectivity index (χ0v) is 10.4. The van der Waals surface area contributed by atoms with Crippen LogP contribution in [0.15, 0.2) is 36.5 Å². The Hall–Kier alpha value is -2.63. The highest BCUT2D eigenvalue weighted by Gasteiger charge is 2.10. The molecule has 6 heteroatoms. The Morgan fingerprint density at radius 2 is 2.16 bits per heavy atom. The molecule has 1 aromatic carbocycles. The summed E-state index contributed by atoms with van der Waals surface area (Å²) >= 11 is 0. The fourth-order valence-corrected chi connectivity index (χ4v) is 1.61. The number of nitrogens with two attached hydrogens (primary N) is 1. The van der Waals surface area contributed by atoms with Gasteiger partial charge in [0.2, 0.25) is 0 Å². The third kappa shape index (κ3) is 3.19. The summed E-state index contributed by atoms with van der Waals surface area (Å²) < 4.78 is 5.54. The average Bonchev–Trinajstić information content (AvgIpc) is 2.37. The summed E-state index contributed by atoms with van der Waals surface area (Å²) in [6.45, 7) is 2.01. The Balaban J connectivity index is 2.06. The molecule has 0 amide bonds. The minimum atomic E-state index is -0.414. The first-order chi connectivity index (χ1) is 9.06. The fourth-order valence-electron chi connectivity index (χ4n) is 1.61. The Labute approximate surface area is 110 Å². The molecule has 0 saturated heterocycles. The van der Waals surface area contributed by atoms with Gasteiger partial charge in [-0.1, -0.05) is 6.07 Å². The molecule has 2 aromatic rings. The fraction of sp³-hybridized carbons (Fsp3) is 0.154. The van der Waals surface area contributed by atoms with Crippen molar-refractivity contribution in [3.05, 3.63) is 57.8 Å². The number of pyridine rings is 1. The lowest BCUT2D eigenvalue weighted by atomic mass is 10.2. The van der Waals surface area contributed by atoms with Gasteiger partial charge in [0.15, 0.2) is 0 Å². The van der Waals surface area contributed by atoms with Crippen LogP contribution in [0.4, 0.5) is 11.5 Å². The zero-order valence-electron chi connectivity index (χ0n) is 10.4. The average molecular weight is 259 g/mol. The number of hydrogen-bond donors (Lipinski definition) is 1. The number of benzene rings is 1. The van der Waals surface area contributed by atoms with Gasteiger partial charge in [-0.05, 0) is 25.1 Å². The predicted octanol–water partition coefficient (Wildman–Crippen LogP) is 2.46. The highest BCUT2D eigenvalue weighted by Crippen LogP contribution is 2.23. The smallest absolute Gasteiger partial charge is 0.272 e. The van der Waals surface area contributed by atoms with Crippen LogP contribution in [0.5, 0.6) is 5.75 Å². The number of nitro benzene ring substituents is 1. The summed E-state index contributed by atoms with van der Waals surface area (Å²) in [6.07, 6.45) is 1.63. The van der Waals surface area contributed by atoms with E-state index in [1.165, 1.54) is 6.07 Å². The van der Waals surface area contributed by atoms with Crippen molar-refractivity contribution in [3.63, 3.8) is 0 Å². The molecule has 0 aliphatic rings. The van der Waals surface area contributed by atoms with Crippen molar-refractivity contribution in [2.45, 2.75) is 13.5 Å². The predicted molar refractivity (Wildman–Crippen MR) is 70.8 cm³/mol. The summed E-state index contributed by atoms with van der Waals surface area (Å²) in [4.78, 5) is 14.2. The SMILES string of the molecule is Cc1cc(OCc2ccc(N)nc2)ccc1[N+](=O)[O-]. The quantitative estimate of drug-likeness (QED) is 0.672. The van der Waals surface area contributed by atoms with E-state index in [9.17, 15) is 10.1 Å². The second-order valence-corrected chi connectivity index (χ2v) is 4.09. The van der Waals surface area contributed by atoms with Gasteiger partial charge < -0.3 is 10.5 Å². The van der Waals surface area contributed by atoms with E-state index in [2.05, 4.69) is 4.98 Å². The molecule has 6 nitrogen and oxygen atoms in total. The van der Waals surface area contributed by atoms with E-state index >= 15 is 0 Å². The Bertz CT molecular complexity index is 597. The summed E-state index contributed by atoms with van der Waals surface area (Å²) in [5, 5.41) is 10.7. The number of nitro groups is 1. The van der Waals surface area contributed by atoms with Gasteiger partial charge in [-0.2, -0.15) is 0 Å². The lowest BCUT2D eigenvalue weighted by molar-refractivity contribution is -0.385. The van der Waals surface area contributed by atoms with Gasteiger partial charge in [-0.3, -0.25) is 10.1 Å². The number of ether oxygens (including phenoxy) is 1. The monoisotopic (exact) mass is 259 g/mol. The van der Waals surface area contributed by atoms with Crippen LogP contribution >= 0.6 is 0 Å². The van der Waals surface area contributed by atoms with E-state index in [1.807, 2.05) is 6.07 Å². The first kappa shape index (κ1) is 12.8. The molecule has 0 saturated carbocycles. The van der Waals surface area contributed by atoms with Crippen LogP contribution in [-0.2, 0) is 6.61 Å². The maximum atomic E-state index is 10.7. The molecular weight excluding hydrogens is 246 g/mol. The van der Waals surface area contributed by atoms with Gasteiger partial charge >= 0.3 is 0 Å². The number of anilines is 1. The zero-order chi connectivity index (χ0) is 13.8. The Kier molecular flexibility index (Phi) is 3.61. The largest absolute Gasteiger partial charge is 0.489 e. The molecule has 19 heavy (non-hydrogen) atoms. The van der Waals surface area contributed by atoms with Gasteiger partial charge in [0.05, 0.1) is 4.92 Å². The molecule has 98 valence electrons. The highest BCUT2D eigenvalue weighted by atomic mass is 16.6. The third-order valence-corrected chi connectivity index (χ3v) is 2.62. The minimum absolute atomic E-state index is 0.0847. The first-order valence-corrected chi connectivity index (χ1v) is 5.64. The molecule has 1 aromatic heterocycles. The van der Waals surface area contributed by atoms with E-state index in [0.717, 1.165) is 5.56 Å². The molecule has 0 aliphatic carbocycles. The molecule has 0 bridgehead atoms. The van der Waals surface area contributed by atoms with Crippen LogP contribution in [0.25, 0.3) is 0 Å². The van der Waals surface area contributed by atoms with E-state index in [0.29, 0.717) is 23.7 Å². The number of nitrogen functional groups attached to an aromatic ring is 1. The van der Waals surface area contributed by atoms with Crippen LogP contribution in [0.2, 0.25) is 0 Å². The van der Waals surface area contributed by atoms with Crippen molar-refractivity contribution in [3.8, 4) is 5.75 Å². The van der Waals surface area contributed by atoms with Crippen molar-refractivity contribution >= 4 is 11.5 Å². The van der Waals surface area contributed by atoms with Gasteiger partial charge in [0.25, 0.3) is 5.69 Å². The van der Waals surface area contributed by atoms with Crippen molar-refractivity contribution in [1.82, 2.24) is 4.98 Å². The molecule has 2 N–H and O–H groups in total. The molecule has 0 aliphatic heterocycles. The topological polar surface area (TPSA) is 91.3 Å². The number of hydrogen-bond acceptors (Lipinski definition) is 5. The Morgan fingerprint density at radius 3 is 2.74 bits per heavy atom. The maximum Gasteiger partial charge on any atom is 0.272 e. The summed E-state index contributed by atoms with van der Waals surface area (Å²) in [5.41, 5.74) is 7.02. The van der Waals surface area contributed by atoms with Gasteiger partial charge in [0, 0.05) is 23.4 Å². The van der Waals surface area contributed by atoms with Crippen LogP contribution in [0, 0.1) is 17.0 Å². The Morgan fingerprint density at radius 1 is 1.37 bits per heavy atom. The molecule has 0 unspecified atom stereocenters. The molecule has 0 fully saturated rings. The van der Waals surface area contributed by atoms with Crippen LogP contribution in [0.1, 0.15) is 11.1 Å². The summed E-state index contributed by atoms with van der Waals surface area (Å²) in [5.74, 6) is 1.04. The second-order valence-electron chi connectivity index (χ2n) is 4.09. The van der Waals surface area contributed by atoms with Crippen molar-refractivity contribution < 1.29 is 9.66 Å². The van der Waals surface area contributed by atoms with Crippen LogP contribution in [0.3, 0.4) is 0 Å². The van der Waals surface area contributed by atoms with E-state index in [-0.39, 0.29) is 5.69 Å². The first-order valence-electron chi connectivity index (χ1n) is 5.64. The van der Waals surface area contributed by atoms with E-state index in [1.54, 1.807) is 31.3 Å². The number of aromatic nitrogens is 1. The van der Waals surface area contributed by atoms with E-state index in [4.69, 9.17) is 10.5 Å². The van der Waals surface area contributed by atoms with Crippen LogP contribution < -0.4 is 10.5 Å². The summed E-state index contributed by atoms with van der Waals surface area (Å²) in [6, 6.07) is 8.17. The van der Waals surface area contributed by atoms with Crippen LogP contribution in [-0.4, -0.2) is 9.91 Å². The van der Waals surface area contributed by atoms with Gasteiger partial charge in [-0.15, -0.1) is 0 Å². The molecular formula is C13H13N3O3. The number of nitrogens with zero attached hydrogens (tertiary/aromatic N) is 2. The lowest BCUT2D eigenvalue weighted by Crippen LogP contribution is -1.98. The number of rotatable bonds is 4. The maximum absolute atomic E-state index is 10.7. The lowest BCUT2D eigenvalue weighted by Gasteiger charge is -2.07. The van der Waals surface area contributed by atoms with Gasteiger partial charge in [0.1, 0.15) is 18.2 Å². The normalized spacial score (nSPS) is 10.2.